The number of aryl methyl sites for hydroxylation is 2. The Morgan fingerprint density at radius 2 is 1.86 bits per heavy atom. The first-order valence-electron chi connectivity index (χ1n) is 10.7. The van der Waals surface area contributed by atoms with E-state index in [0.717, 1.165) is 22.0 Å². The molecule has 0 atom stereocenters. The van der Waals surface area contributed by atoms with Gasteiger partial charge in [0.25, 0.3) is 5.69 Å². The Labute approximate surface area is 199 Å². The predicted octanol–water partition coefficient (Wildman–Crippen LogP) is 5.02. The Morgan fingerprint density at radius 1 is 1.03 bits per heavy atom. The first-order valence-corrected chi connectivity index (χ1v) is 10.7. The number of benzene rings is 2. The number of hydrogen-bond donors (Lipinski definition) is 1. The van der Waals surface area contributed by atoms with Gasteiger partial charge in [0.15, 0.2) is 17.5 Å². The number of pyridine rings is 1. The molecular formula is C25H18N8O2. The second-order valence-electron chi connectivity index (χ2n) is 7.94. The monoisotopic (exact) mass is 462 g/mol. The molecule has 170 valence electrons. The molecule has 2 aromatic carbocycles. The summed E-state index contributed by atoms with van der Waals surface area (Å²) in [6.07, 6.45) is 1.46. The highest BCUT2D eigenvalue weighted by Crippen LogP contribution is 2.27. The van der Waals surface area contributed by atoms with E-state index in [0.29, 0.717) is 34.3 Å². The molecule has 0 aliphatic heterocycles. The molecule has 0 bridgehead atoms. The SMILES string of the molecule is Cc1cc(-n2ncc(C#N)c2Nc2ccc(-c3cccc([N+](=O)[O-])c3)nn2)nc2c(C)cccc12. The maximum absolute atomic E-state index is 11.1. The van der Waals surface area contributed by atoms with E-state index in [1.807, 2.05) is 38.1 Å². The van der Waals surface area contributed by atoms with Gasteiger partial charge in [-0.15, -0.1) is 10.2 Å². The summed E-state index contributed by atoms with van der Waals surface area (Å²) in [6, 6.07) is 19.6. The van der Waals surface area contributed by atoms with Crippen molar-refractivity contribution in [3.63, 3.8) is 0 Å². The van der Waals surface area contributed by atoms with Gasteiger partial charge in [0.05, 0.1) is 22.3 Å². The molecule has 0 aliphatic rings. The van der Waals surface area contributed by atoms with Crippen molar-refractivity contribution in [3.05, 3.63) is 93.7 Å². The summed E-state index contributed by atoms with van der Waals surface area (Å²) in [5, 5.41) is 37.6. The Bertz CT molecular complexity index is 1630. The van der Waals surface area contributed by atoms with Gasteiger partial charge in [0.2, 0.25) is 0 Å². The van der Waals surface area contributed by atoms with Crippen molar-refractivity contribution >= 4 is 28.2 Å². The van der Waals surface area contributed by atoms with Crippen LogP contribution < -0.4 is 5.32 Å². The number of aromatic nitrogens is 5. The van der Waals surface area contributed by atoms with Crippen molar-refractivity contribution in [1.82, 2.24) is 25.0 Å². The average molecular weight is 462 g/mol. The zero-order valence-electron chi connectivity index (χ0n) is 18.8. The summed E-state index contributed by atoms with van der Waals surface area (Å²) >= 11 is 0. The number of non-ortho nitro benzene ring substituents is 1. The number of nitrogens with one attached hydrogen (secondary N) is 1. The van der Waals surface area contributed by atoms with Crippen molar-refractivity contribution in [2.75, 3.05) is 5.32 Å². The number of rotatable bonds is 5. The second-order valence-corrected chi connectivity index (χ2v) is 7.94. The van der Waals surface area contributed by atoms with Crippen LogP contribution in [-0.2, 0) is 0 Å². The molecule has 0 amide bonds. The average Bonchev–Trinajstić information content (AvgIpc) is 3.27. The highest BCUT2D eigenvalue weighted by Gasteiger charge is 2.16. The van der Waals surface area contributed by atoms with Crippen LogP contribution >= 0.6 is 0 Å². The highest BCUT2D eigenvalue weighted by molar-refractivity contribution is 5.85. The smallest absolute Gasteiger partial charge is 0.270 e. The third kappa shape index (κ3) is 4.02. The number of para-hydroxylation sites is 1. The maximum atomic E-state index is 11.1. The number of nitrogens with zero attached hydrogens (tertiary/aromatic N) is 7. The van der Waals surface area contributed by atoms with E-state index < -0.39 is 4.92 Å². The van der Waals surface area contributed by atoms with Gasteiger partial charge in [-0.25, -0.2) is 4.98 Å². The molecule has 5 rings (SSSR count). The van der Waals surface area contributed by atoms with Gasteiger partial charge < -0.3 is 5.32 Å². The summed E-state index contributed by atoms with van der Waals surface area (Å²) < 4.78 is 1.56. The van der Waals surface area contributed by atoms with Crippen LogP contribution in [0, 0.1) is 35.3 Å². The van der Waals surface area contributed by atoms with Crippen molar-refractivity contribution in [2.24, 2.45) is 0 Å². The number of fused-ring (bicyclic) bond motifs is 1. The minimum Gasteiger partial charge on any atom is -0.322 e. The summed E-state index contributed by atoms with van der Waals surface area (Å²) in [5.41, 5.74) is 4.29. The normalized spacial score (nSPS) is 10.8. The summed E-state index contributed by atoms with van der Waals surface area (Å²) in [4.78, 5) is 15.4. The second kappa shape index (κ2) is 8.64. The van der Waals surface area contributed by atoms with Crippen molar-refractivity contribution in [2.45, 2.75) is 13.8 Å². The van der Waals surface area contributed by atoms with Gasteiger partial charge in [-0.3, -0.25) is 10.1 Å². The van der Waals surface area contributed by atoms with Crippen molar-refractivity contribution < 1.29 is 4.92 Å². The molecule has 0 unspecified atom stereocenters. The van der Waals surface area contributed by atoms with Gasteiger partial charge >= 0.3 is 0 Å². The molecule has 0 radical (unpaired) electrons. The molecule has 10 heteroatoms. The Hall–Kier alpha value is -5.17. The van der Waals surface area contributed by atoms with Crippen LogP contribution in [0.2, 0.25) is 0 Å². The van der Waals surface area contributed by atoms with Gasteiger partial charge in [-0.1, -0.05) is 30.3 Å². The maximum Gasteiger partial charge on any atom is 0.270 e. The molecule has 1 N–H and O–H groups in total. The van der Waals surface area contributed by atoms with Crippen LogP contribution in [-0.4, -0.2) is 29.9 Å². The van der Waals surface area contributed by atoms with Crippen LogP contribution in [0.3, 0.4) is 0 Å². The van der Waals surface area contributed by atoms with E-state index in [1.165, 1.54) is 18.3 Å². The number of nitro groups is 1. The quantitative estimate of drug-likeness (QED) is 0.284. The van der Waals surface area contributed by atoms with E-state index in [1.54, 1.807) is 28.9 Å². The Balaban J connectivity index is 1.51. The summed E-state index contributed by atoms with van der Waals surface area (Å²) in [5.74, 6) is 1.35. The molecule has 0 aliphatic carbocycles. The molecule has 0 saturated heterocycles. The van der Waals surface area contributed by atoms with Gasteiger partial charge in [-0.05, 0) is 43.2 Å². The lowest BCUT2D eigenvalue weighted by molar-refractivity contribution is -0.384. The fraction of sp³-hybridized carbons (Fsp3) is 0.0800. The standard InChI is InChI=1S/C25H18N8O2/c1-15-5-3-8-20-16(2)11-23(29-24(15)20)32-25(18(13-26)14-27-32)28-22-10-9-21(30-31-22)17-6-4-7-19(12-17)33(34)35/h3-12,14H,1-2H3,(H,28,31). The van der Waals surface area contributed by atoms with Crippen molar-refractivity contribution in [1.29, 1.82) is 5.26 Å². The molecular weight excluding hydrogens is 444 g/mol. The molecule has 0 spiro atoms. The zero-order valence-corrected chi connectivity index (χ0v) is 18.8. The molecule has 0 fully saturated rings. The topological polar surface area (TPSA) is 135 Å². The molecule has 3 aromatic heterocycles. The van der Waals surface area contributed by atoms with Crippen LogP contribution in [0.15, 0.2) is 66.9 Å². The predicted molar refractivity (Wildman–Crippen MR) is 130 cm³/mol. The third-order valence-electron chi connectivity index (χ3n) is 5.60. The highest BCUT2D eigenvalue weighted by atomic mass is 16.6. The van der Waals surface area contributed by atoms with Gasteiger partial charge in [0.1, 0.15) is 11.6 Å². The van der Waals surface area contributed by atoms with E-state index in [2.05, 4.69) is 26.7 Å². The van der Waals surface area contributed by atoms with E-state index in [9.17, 15) is 15.4 Å². The van der Waals surface area contributed by atoms with E-state index in [4.69, 9.17) is 4.98 Å². The summed E-state index contributed by atoms with van der Waals surface area (Å²) in [6.45, 7) is 4.01. The Kier molecular flexibility index (Phi) is 5.35. The van der Waals surface area contributed by atoms with Crippen LogP contribution in [0.25, 0.3) is 28.0 Å². The molecule has 5 aromatic rings. The molecule has 35 heavy (non-hydrogen) atoms. The van der Waals surface area contributed by atoms with E-state index >= 15 is 0 Å². The lowest BCUT2D eigenvalue weighted by Gasteiger charge is -2.12. The first-order chi connectivity index (χ1) is 16.9. The van der Waals surface area contributed by atoms with Gasteiger partial charge in [-0.2, -0.15) is 15.0 Å². The number of anilines is 2. The fourth-order valence-electron chi connectivity index (χ4n) is 3.83. The van der Waals surface area contributed by atoms with E-state index in [-0.39, 0.29) is 5.69 Å². The lowest BCUT2D eigenvalue weighted by Crippen LogP contribution is -2.07. The molecule has 0 saturated carbocycles. The number of nitro benzene ring substituents is 1. The molecule has 3 heterocycles. The Morgan fingerprint density at radius 3 is 2.60 bits per heavy atom. The van der Waals surface area contributed by atoms with Crippen LogP contribution in [0.5, 0.6) is 0 Å². The van der Waals surface area contributed by atoms with Crippen molar-refractivity contribution in [3.8, 4) is 23.1 Å². The largest absolute Gasteiger partial charge is 0.322 e. The zero-order chi connectivity index (χ0) is 24.5. The van der Waals surface area contributed by atoms with Gasteiger partial charge in [0, 0.05) is 23.1 Å². The lowest BCUT2D eigenvalue weighted by atomic mass is 10.1. The number of nitriles is 1. The third-order valence-corrected chi connectivity index (χ3v) is 5.60. The van der Waals surface area contributed by atoms with Crippen LogP contribution in [0.4, 0.5) is 17.3 Å². The molecule has 10 nitrogen and oxygen atoms in total. The fourth-order valence-corrected chi connectivity index (χ4v) is 3.83. The van der Waals surface area contributed by atoms with Crippen LogP contribution in [0.1, 0.15) is 16.7 Å². The first kappa shape index (κ1) is 21.7. The number of hydrogen-bond acceptors (Lipinski definition) is 8. The minimum absolute atomic E-state index is 0.0255. The summed E-state index contributed by atoms with van der Waals surface area (Å²) in [7, 11) is 0. The minimum atomic E-state index is -0.457.